The zero-order valence-corrected chi connectivity index (χ0v) is 11.9. The summed E-state index contributed by atoms with van der Waals surface area (Å²) < 4.78 is 27.3. The lowest BCUT2D eigenvalue weighted by molar-refractivity contribution is 0.120. The van der Waals surface area contributed by atoms with Gasteiger partial charge >= 0.3 is 7.82 Å². The minimum Gasteiger partial charge on any atom is -0.287 e. The zero-order chi connectivity index (χ0) is 13.3. The van der Waals surface area contributed by atoms with E-state index in [2.05, 4.69) is 12.1 Å². The van der Waals surface area contributed by atoms with E-state index in [1.165, 1.54) is 5.56 Å². The molecule has 0 aliphatic rings. The van der Waals surface area contributed by atoms with Crippen molar-refractivity contribution in [3.63, 3.8) is 0 Å². The molecule has 1 rings (SSSR count). The number of benzene rings is 1. The van der Waals surface area contributed by atoms with E-state index in [4.69, 9.17) is 13.6 Å². The average molecular weight is 272 g/mol. The molecule has 0 aromatic heterocycles. The fraction of sp³-hybridized carbons (Fsp3) is 0.538. The Hall–Kier alpha value is -0.670. The molecule has 0 atom stereocenters. The smallest absolute Gasteiger partial charge is 0.287 e. The van der Waals surface area contributed by atoms with Crippen molar-refractivity contribution < 1.29 is 18.1 Å². The van der Waals surface area contributed by atoms with Crippen molar-refractivity contribution >= 4 is 7.82 Å². The van der Waals surface area contributed by atoms with Crippen LogP contribution in [0.25, 0.3) is 0 Å². The van der Waals surface area contributed by atoms with Gasteiger partial charge in [-0.15, -0.1) is 0 Å². The summed E-state index contributed by atoms with van der Waals surface area (Å²) in [6.45, 7) is 4.52. The first-order chi connectivity index (χ1) is 8.70. The van der Waals surface area contributed by atoms with Crippen LogP contribution in [0.3, 0.4) is 0 Å². The second kappa shape index (κ2) is 8.44. The minimum absolute atomic E-state index is 0.315. The first-order valence-electron chi connectivity index (χ1n) is 6.27. The van der Waals surface area contributed by atoms with Crippen LogP contribution in [0.4, 0.5) is 0 Å². The van der Waals surface area contributed by atoms with Crippen LogP contribution < -0.4 is 0 Å². The molecule has 0 amide bonds. The molecule has 0 N–H and O–H groups in total. The molecular formula is C13H21O4P. The summed E-state index contributed by atoms with van der Waals surface area (Å²) >= 11 is 0. The SMILES string of the molecule is CCOP(=O)(OCC)OCCCc1ccccc1. The van der Waals surface area contributed by atoms with Crippen molar-refractivity contribution in [2.45, 2.75) is 26.7 Å². The van der Waals surface area contributed by atoms with Crippen LogP contribution in [-0.4, -0.2) is 19.8 Å². The van der Waals surface area contributed by atoms with Gasteiger partial charge in [0.1, 0.15) is 0 Å². The molecule has 0 radical (unpaired) electrons. The second-order valence-corrected chi connectivity index (χ2v) is 5.37. The number of phosphoric ester groups is 1. The lowest BCUT2D eigenvalue weighted by atomic mass is 10.1. The fourth-order valence-electron chi connectivity index (χ4n) is 1.53. The first kappa shape index (κ1) is 15.4. The summed E-state index contributed by atoms with van der Waals surface area (Å²) in [5.41, 5.74) is 1.24. The maximum atomic E-state index is 12.0. The van der Waals surface area contributed by atoms with Gasteiger partial charge < -0.3 is 0 Å². The van der Waals surface area contributed by atoms with Gasteiger partial charge in [-0.05, 0) is 32.3 Å². The van der Waals surface area contributed by atoms with E-state index < -0.39 is 7.82 Å². The van der Waals surface area contributed by atoms with E-state index in [0.29, 0.717) is 19.8 Å². The maximum absolute atomic E-state index is 12.0. The number of aryl methyl sites for hydroxylation is 1. The predicted octanol–water partition coefficient (Wildman–Crippen LogP) is 3.82. The summed E-state index contributed by atoms with van der Waals surface area (Å²) in [6, 6.07) is 10.1. The van der Waals surface area contributed by atoms with Crippen LogP contribution in [0.2, 0.25) is 0 Å². The van der Waals surface area contributed by atoms with Crippen LogP contribution in [0.15, 0.2) is 30.3 Å². The Morgan fingerprint density at radius 2 is 1.61 bits per heavy atom. The topological polar surface area (TPSA) is 44.8 Å². The third kappa shape index (κ3) is 5.78. The predicted molar refractivity (Wildman–Crippen MR) is 71.6 cm³/mol. The standard InChI is InChI=1S/C13H21O4P/c1-3-15-18(14,16-4-2)17-12-8-11-13-9-6-5-7-10-13/h5-7,9-10H,3-4,8,11-12H2,1-2H3. The van der Waals surface area contributed by atoms with Crippen LogP contribution in [0.5, 0.6) is 0 Å². The second-order valence-electron chi connectivity index (χ2n) is 3.71. The number of phosphoric acid groups is 1. The van der Waals surface area contributed by atoms with E-state index in [1.807, 2.05) is 18.2 Å². The van der Waals surface area contributed by atoms with Crippen molar-refractivity contribution in [3.05, 3.63) is 35.9 Å². The highest BCUT2D eigenvalue weighted by molar-refractivity contribution is 7.48. The molecule has 1 aromatic carbocycles. The third-order valence-corrected chi connectivity index (χ3v) is 3.92. The molecule has 0 aliphatic heterocycles. The average Bonchev–Trinajstić information content (AvgIpc) is 2.37. The summed E-state index contributed by atoms with van der Waals surface area (Å²) in [7, 11) is -3.34. The number of hydrogen-bond donors (Lipinski definition) is 0. The fourth-order valence-corrected chi connectivity index (χ4v) is 2.73. The quantitative estimate of drug-likeness (QED) is 0.506. The molecule has 0 bridgehead atoms. The summed E-state index contributed by atoms with van der Waals surface area (Å²) in [5, 5.41) is 0. The van der Waals surface area contributed by atoms with Gasteiger partial charge in [0.15, 0.2) is 0 Å². The lowest BCUT2D eigenvalue weighted by Crippen LogP contribution is -2.02. The van der Waals surface area contributed by atoms with Gasteiger partial charge in [0, 0.05) is 0 Å². The molecule has 0 spiro atoms. The van der Waals surface area contributed by atoms with Gasteiger partial charge in [-0.2, -0.15) is 0 Å². The lowest BCUT2D eigenvalue weighted by Gasteiger charge is -2.16. The van der Waals surface area contributed by atoms with E-state index in [0.717, 1.165) is 12.8 Å². The maximum Gasteiger partial charge on any atom is 0.474 e. The van der Waals surface area contributed by atoms with Gasteiger partial charge in [0.25, 0.3) is 0 Å². The van der Waals surface area contributed by atoms with Gasteiger partial charge in [0.2, 0.25) is 0 Å². The van der Waals surface area contributed by atoms with Gasteiger partial charge in [0.05, 0.1) is 19.8 Å². The van der Waals surface area contributed by atoms with Gasteiger partial charge in [-0.1, -0.05) is 30.3 Å². The largest absolute Gasteiger partial charge is 0.474 e. The third-order valence-electron chi connectivity index (χ3n) is 2.28. The highest BCUT2D eigenvalue weighted by Crippen LogP contribution is 2.49. The van der Waals surface area contributed by atoms with E-state index in [-0.39, 0.29) is 0 Å². The Labute approximate surface area is 109 Å². The first-order valence-corrected chi connectivity index (χ1v) is 7.74. The molecule has 0 aliphatic carbocycles. The molecule has 0 heterocycles. The molecule has 5 heteroatoms. The van der Waals surface area contributed by atoms with Crippen LogP contribution >= 0.6 is 7.82 Å². The highest BCUT2D eigenvalue weighted by Gasteiger charge is 2.24. The number of hydrogen-bond acceptors (Lipinski definition) is 4. The Morgan fingerprint density at radius 3 is 2.17 bits per heavy atom. The summed E-state index contributed by atoms with van der Waals surface area (Å²) in [6.07, 6.45) is 1.67. The Bertz CT molecular complexity index is 357. The molecule has 18 heavy (non-hydrogen) atoms. The van der Waals surface area contributed by atoms with E-state index in [1.54, 1.807) is 13.8 Å². The summed E-state index contributed by atoms with van der Waals surface area (Å²) in [4.78, 5) is 0. The molecular weight excluding hydrogens is 251 g/mol. The molecule has 102 valence electrons. The van der Waals surface area contributed by atoms with Crippen LogP contribution in [-0.2, 0) is 24.6 Å². The van der Waals surface area contributed by atoms with Crippen molar-refractivity contribution in [3.8, 4) is 0 Å². The van der Waals surface area contributed by atoms with Crippen LogP contribution in [0, 0.1) is 0 Å². The van der Waals surface area contributed by atoms with Crippen molar-refractivity contribution in [2.75, 3.05) is 19.8 Å². The Balaban J connectivity index is 2.29. The summed E-state index contributed by atoms with van der Waals surface area (Å²) in [5.74, 6) is 0. The molecule has 1 aromatic rings. The van der Waals surface area contributed by atoms with Crippen molar-refractivity contribution in [1.82, 2.24) is 0 Å². The van der Waals surface area contributed by atoms with E-state index in [9.17, 15) is 4.57 Å². The molecule has 0 fully saturated rings. The molecule has 0 saturated carbocycles. The normalized spacial score (nSPS) is 11.7. The van der Waals surface area contributed by atoms with Crippen molar-refractivity contribution in [1.29, 1.82) is 0 Å². The minimum atomic E-state index is -3.34. The Kier molecular flexibility index (Phi) is 7.21. The molecule has 4 nitrogen and oxygen atoms in total. The highest BCUT2D eigenvalue weighted by atomic mass is 31.2. The molecule has 0 unspecified atom stereocenters. The van der Waals surface area contributed by atoms with E-state index >= 15 is 0 Å². The monoisotopic (exact) mass is 272 g/mol. The van der Waals surface area contributed by atoms with Crippen LogP contribution in [0.1, 0.15) is 25.8 Å². The van der Waals surface area contributed by atoms with Gasteiger partial charge in [-0.3, -0.25) is 13.6 Å². The zero-order valence-electron chi connectivity index (χ0n) is 11.0. The molecule has 0 saturated heterocycles. The van der Waals surface area contributed by atoms with Gasteiger partial charge in [-0.25, -0.2) is 4.57 Å². The van der Waals surface area contributed by atoms with Crippen molar-refractivity contribution in [2.24, 2.45) is 0 Å². The number of rotatable bonds is 9. The Morgan fingerprint density at radius 1 is 1.00 bits per heavy atom.